The topological polar surface area (TPSA) is 82.3 Å². The number of rotatable bonds is 7. The molecule has 0 aliphatic rings. The highest BCUT2D eigenvalue weighted by atomic mass is 32.2. The number of aryl methyl sites for hydroxylation is 1. The second-order valence-corrected chi connectivity index (χ2v) is 7.01. The fraction of sp³-hybridized carbons (Fsp3) is 0.615. The summed E-state index contributed by atoms with van der Waals surface area (Å²) in [6.07, 6.45) is 2.68. The van der Waals surface area contributed by atoms with Gasteiger partial charge in [-0.1, -0.05) is 6.92 Å². The number of ether oxygens (including phenoxy) is 1. The van der Waals surface area contributed by atoms with Gasteiger partial charge in [-0.3, -0.25) is 4.98 Å². The molecule has 0 saturated heterocycles. The first-order valence-electron chi connectivity index (χ1n) is 6.34. The van der Waals surface area contributed by atoms with Crippen LogP contribution < -0.4 is 10.5 Å². The molecule has 0 amide bonds. The number of nitrogens with two attached hydrogens (primary N) is 1. The van der Waals surface area contributed by atoms with Crippen molar-refractivity contribution >= 4 is 9.84 Å². The molecule has 6 heteroatoms. The Labute approximate surface area is 115 Å². The fourth-order valence-corrected chi connectivity index (χ4v) is 1.96. The summed E-state index contributed by atoms with van der Waals surface area (Å²) in [7, 11) is -3.01. The van der Waals surface area contributed by atoms with Crippen LogP contribution in [0.2, 0.25) is 0 Å². The summed E-state index contributed by atoms with van der Waals surface area (Å²) in [5.74, 6) is 0.623. The number of sulfone groups is 1. The molecule has 0 aliphatic carbocycles. The van der Waals surface area contributed by atoms with Crippen molar-refractivity contribution in [3.05, 3.63) is 23.5 Å². The van der Waals surface area contributed by atoms with E-state index in [2.05, 4.69) is 4.98 Å². The predicted molar refractivity (Wildman–Crippen MR) is 76.2 cm³/mol. The van der Waals surface area contributed by atoms with Crippen molar-refractivity contribution in [3.8, 4) is 5.75 Å². The molecular weight excluding hydrogens is 264 g/mol. The van der Waals surface area contributed by atoms with Gasteiger partial charge in [-0.25, -0.2) is 8.42 Å². The lowest BCUT2D eigenvalue weighted by Crippen LogP contribution is -2.23. The van der Waals surface area contributed by atoms with Gasteiger partial charge < -0.3 is 10.5 Å². The molecule has 1 rings (SSSR count). The summed E-state index contributed by atoms with van der Waals surface area (Å²) in [4.78, 5) is 4.42. The second kappa shape index (κ2) is 6.86. The van der Waals surface area contributed by atoms with Gasteiger partial charge in [0.25, 0.3) is 0 Å². The maximum absolute atomic E-state index is 11.1. The van der Waals surface area contributed by atoms with Gasteiger partial charge in [-0.2, -0.15) is 0 Å². The van der Waals surface area contributed by atoms with Crippen LogP contribution >= 0.6 is 0 Å². The van der Waals surface area contributed by atoms with Crippen molar-refractivity contribution in [1.29, 1.82) is 0 Å². The molecule has 1 unspecified atom stereocenters. The van der Waals surface area contributed by atoms with Gasteiger partial charge in [0.2, 0.25) is 0 Å². The van der Waals surface area contributed by atoms with Crippen molar-refractivity contribution in [2.75, 3.05) is 18.6 Å². The minimum absolute atomic E-state index is 0.000147. The first-order chi connectivity index (χ1) is 8.81. The first-order valence-corrected chi connectivity index (χ1v) is 8.40. The van der Waals surface area contributed by atoms with Gasteiger partial charge in [0.15, 0.2) is 9.84 Å². The Morgan fingerprint density at radius 2 is 2.11 bits per heavy atom. The number of aromatic nitrogens is 1. The quantitative estimate of drug-likeness (QED) is 0.811. The van der Waals surface area contributed by atoms with Crippen molar-refractivity contribution in [2.45, 2.75) is 32.7 Å². The summed E-state index contributed by atoms with van der Waals surface area (Å²) in [5.41, 5.74) is 7.62. The van der Waals surface area contributed by atoms with Crippen molar-refractivity contribution in [1.82, 2.24) is 4.98 Å². The van der Waals surface area contributed by atoms with E-state index in [1.165, 1.54) is 6.26 Å². The van der Waals surface area contributed by atoms with E-state index in [-0.39, 0.29) is 18.4 Å². The molecule has 0 saturated carbocycles. The fourth-order valence-electron chi connectivity index (χ4n) is 1.57. The lowest BCUT2D eigenvalue weighted by molar-refractivity contribution is 0.334. The standard InChI is InChI=1S/C13H22N2O3S/c1-4-11(14)9-12-13(6-5-10(2)15-12)18-7-8-19(3,16)17/h5-6,11H,4,7-9,14H2,1-3H3. The molecule has 1 atom stereocenters. The Balaban J connectivity index is 2.76. The maximum Gasteiger partial charge on any atom is 0.150 e. The SMILES string of the molecule is CCC(N)Cc1nc(C)ccc1OCCS(C)(=O)=O. The molecule has 0 radical (unpaired) electrons. The number of hydrogen-bond donors (Lipinski definition) is 1. The third-order valence-corrected chi connectivity index (χ3v) is 3.67. The smallest absolute Gasteiger partial charge is 0.150 e. The molecule has 108 valence electrons. The van der Waals surface area contributed by atoms with Crippen LogP contribution in [0.5, 0.6) is 5.75 Å². The zero-order valence-corrected chi connectivity index (χ0v) is 12.5. The molecule has 1 aromatic heterocycles. The molecule has 19 heavy (non-hydrogen) atoms. The highest BCUT2D eigenvalue weighted by molar-refractivity contribution is 7.90. The molecule has 0 aromatic carbocycles. The van der Waals surface area contributed by atoms with E-state index in [0.29, 0.717) is 12.2 Å². The van der Waals surface area contributed by atoms with E-state index in [0.717, 1.165) is 17.8 Å². The first kappa shape index (κ1) is 15.9. The normalized spacial score (nSPS) is 13.3. The number of nitrogens with zero attached hydrogens (tertiary/aromatic N) is 1. The van der Waals surface area contributed by atoms with Crippen molar-refractivity contribution < 1.29 is 13.2 Å². The maximum atomic E-state index is 11.1. The predicted octanol–water partition coefficient (Wildman–Crippen LogP) is 1.09. The molecule has 0 fully saturated rings. The van der Waals surface area contributed by atoms with Gasteiger partial charge in [-0.05, 0) is 25.5 Å². The molecule has 0 spiro atoms. The summed E-state index contributed by atoms with van der Waals surface area (Å²) in [5, 5.41) is 0. The summed E-state index contributed by atoms with van der Waals surface area (Å²) in [6, 6.07) is 3.70. The Bertz CT molecular complexity index is 515. The number of pyridine rings is 1. The van der Waals surface area contributed by atoms with E-state index in [9.17, 15) is 8.42 Å². The van der Waals surface area contributed by atoms with Crippen LogP contribution in [0.25, 0.3) is 0 Å². The lowest BCUT2D eigenvalue weighted by atomic mass is 10.1. The third kappa shape index (κ3) is 6.02. The van der Waals surface area contributed by atoms with Crippen molar-refractivity contribution in [3.63, 3.8) is 0 Å². The van der Waals surface area contributed by atoms with Crippen LogP contribution in [0.15, 0.2) is 12.1 Å². The zero-order chi connectivity index (χ0) is 14.5. The second-order valence-electron chi connectivity index (χ2n) is 4.75. The van der Waals surface area contributed by atoms with Crippen LogP contribution in [0.3, 0.4) is 0 Å². The van der Waals surface area contributed by atoms with Gasteiger partial charge in [0, 0.05) is 24.4 Å². The number of hydrogen-bond acceptors (Lipinski definition) is 5. The van der Waals surface area contributed by atoms with E-state index >= 15 is 0 Å². The van der Waals surface area contributed by atoms with Crippen molar-refractivity contribution in [2.24, 2.45) is 5.73 Å². The Morgan fingerprint density at radius 1 is 1.42 bits per heavy atom. The minimum atomic E-state index is -3.01. The highest BCUT2D eigenvalue weighted by Crippen LogP contribution is 2.19. The Hall–Kier alpha value is -1.14. The average Bonchev–Trinajstić information content (AvgIpc) is 2.30. The van der Waals surface area contributed by atoms with Crippen LogP contribution in [0.4, 0.5) is 0 Å². The molecule has 0 aliphatic heterocycles. The van der Waals surface area contributed by atoms with Gasteiger partial charge >= 0.3 is 0 Å². The Morgan fingerprint density at radius 3 is 2.68 bits per heavy atom. The van der Waals surface area contributed by atoms with E-state index in [4.69, 9.17) is 10.5 Å². The molecule has 5 nitrogen and oxygen atoms in total. The molecule has 2 N–H and O–H groups in total. The van der Waals surface area contributed by atoms with Crippen LogP contribution in [0, 0.1) is 6.92 Å². The van der Waals surface area contributed by atoms with E-state index in [1.807, 2.05) is 26.0 Å². The van der Waals surface area contributed by atoms with Crippen LogP contribution in [-0.2, 0) is 16.3 Å². The summed E-state index contributed by atoms with van der Waals surface area (Å²) in [6.45, 7) is 4.06. The zero-order valence-electron chi connectivity index (χ0n) is 11.7. The molecule has 1 heterocycles. The minimum Gasteiger partial charge on any atom is -0.491 e. The highest BCUT2D eigenvalue weighted by Gasteiger charge is 2.11. The molecule has 1 aromatic rings. The molecular formula is C13H22N2O3S. The van der Waals surface area contributed by atoms with Crippen LogP contribution in [-0.4, -0.2) is 38.1 Å². The third-order valence-electron chi connectivity index (χ3n) is 2.76. The Kier molecular flexibility index (Phi) is 5.75. The van der Waals surface area contributed by atoms with E-state index in [1.54, 1.807) is 0 Å². The summed E-state index contributed by atoms with van der Waals surface area (Å²) >= 11 is 0. The summed E-state index contributed by atoms with van der Waals surface area (Å²) < 4.78 is 27.7. The largest absolute Gasteiger partial charge is 0.491 e. The van der Waals surface area contributed by atoms with Crippen LogP contribution in [0.1, 0.15) is 24.7 Å². The monoisotopic (exact) mass is 286 g/mol. The van der Waals surface area contributed by atoms with Gasteiger partial charge in [-0.15, -0.1) is 0 Å². The van der Waals surface area contributed by atoms with Gasteiger partial charge in [0.1, 0.15) is 12.4 Å². The average molecular weight is 286 g/mol. The lowest BCUT2D eigenvalue weighted by Gasteiger charge is -2.14. The van der Waals surface area contributed by atoms with E-state index < -0.39 is 9.84 Å². The molecule has 0 bridgehead atoms. The van der Waals surface area contributed by atoms with Gasteiger partial charge in [0.05, 0.1) is 11.4 Å².